The van der Waals surface area contributed by atoms with Gasteiger partial charge in [0.1, 0.15) is 6.54 Å². The number of carbonyl (C=O) groups excluding carboxylic acids is 3. The van der Waals surface area contributed by atoms with E-state index in [1.165, 1.54) is 23.8 Å². The molecule has 0 bridgehead atoms. The minimum Gasteiger partial charge on any atom is -0.366 e. The van der Waals surface area contributed by atoms with Crippen LogP contribution in [0.5, 0.6) is 0 Å². The number of thiazole rings is 1. The van der Waals surface area contributed by atoms with Crippen molar-refractivity contribution in [2.24, 2.45) is 5.73 Å². The maximum Gasteiger partial charge on any atom is 0.435 e. The molecule has 1 aliphatic carbocycles. The number of carbonyl (C=O) groups is 3. The molecule has 6 rings (SSSR count). The Kier molecular flexibility index (Phi) is 8.93. The molecule has 1 fully saturated rings. The molecule has 2 N–H and O–H groups in total. The zero-order chi connectivity index (χ0) is 33.5. The third kappa shape index (κ3) is 6.53. The standard InChI is InChI=1S/C34H35F3N6O3S/c1-20-17-28(34(35,36)37)40-43(20)18-29(44)42-15-13-22(14-16-42)32-39-26(19-47-32)24-10-6-11-25(31(38)45)30(24)33(46)41(2)27-12-5-8-21-7-3-4-9-23(21)27/h3-4,6-7,9-11,17,19,22,27H,5,8,12-16,18H2,1-2H3,(H2,38,45)/t27-/m1/s1. The van der Waals surface area contributed by atoms with Crippen molar-refractivity contribution in [2.75, 3.05) is 20.1 Å². The fourth-order valence-electron chi connectivity index (χ4n) is 6.66. The number of nitrogens with zero attached hydrogens (tertiary/aromatic N) is 5. The number of hydrogen-bond donors (Lipinski definition) is 1. The first kappa shape index (κ1) is 32.4. The Bertz CT molecular complexity index is 1830. The van der Waals surface area contributed by atoms with Crippen molar-refractivity contribution in [3.63, 3.8) is 0 Å². The van der Waals surface area contributed by atoms with Gasteiger partial charge >= 0.3 is 6.18 Å². The van der Waals surface area contributed by atoms with Gasteiger partial charge < -0.3 is 15.5 Å². The van der Waals surface area contributed by atoms with Gasteiger partial charge in [0.05, 0.1) is 27.9 Å². The van der Waals surface area contributed by atoms with Crippen LogP contribution >= 0.6 is 11.3 Å². The summed E-state index contributed by atoms with van der Waals surface area (Å²) in [6.07, 6.45) is -0.601. The van der Waals surface area contributed by atoms with Gasteiger partial charge in [0.25, 0.3) is 5.91 Å². The quantitative estimate of drug-likeness (QED) is 0.261. The van der Waals surface area contributed by atoms with E-state index < -0.39 is 17.8 Å². The van der Waals surface area contributed by atoms with Gasteiger partial charge in [0, 0.05) is 42.7 Å². The highest BCUT2D eigenvalue weighted by atomic mass is 32.1. The van der Waals surface area contributed by atoms with Crippen LogP contribution < -0.4 is 5.73 Å². The van der Waals surface area contributed by atoms with Crippen molar-refractivity contribution < 1.29 is 27.6 Å². The number of likely N-dealkylation sites (tertiary alicyclic amines) is 1. The fourth-order valence-corrected chi connectivity index (χ4v) is 7.65. The zero-order valence-electron chi connectivity index (χ0n) is 26.1. The molecule has 2 aliphatic rings. The number of benzene rings is 2. The molecule has 3 amide bonds. The summed E-state index contributed by atoms with van der Waals surface area (Å²) in [5.74, 6) is -1.23. The summed E-state index contributed by atoms with van der Waals surface area (Å²) in [4.78, 5) is 47.9. The van der Waals surface area contributed by atoms with Gasteiger partial charge in [-0.25, -0.2) is 4.98 Å². The average molecular weight is 665 g/mol. The van der Waals surface area contributed by atoms with E-state index in [9.17, 15) is 27.6 Å². The van der Waals surface area contributed by atoms with E-state index in [1.54, 1.807) is 35.0 Å². The molecular formula is C34H35F3N6O3S. The number of nitrogens with two attached hydrogens (primary N) is 1. The highest BCUT2D eigenvalue weighted by molar-refractivity contribution is 7.10. The van der Waals surface area contributed by atoms with Crippen LogP contribution in [0.25, 0.3) is 11.3 Å². The number of halogens is 3. The number of amides is 3. The van der Waals surface area contributed by atoms with Crippen molar-refractivity contribution in [3.05, 3.63) is 92.6 Å². The summed E-state index contributed by atoms with van der Waals surface area (Å²) in [7, 11) is 1.76. The molecule has 0 radical (unpaired) electrons. The minimum atomic E-state index is -4.57. The summed E-state index contributed by atoms with van der Waals surface area (Å²) in [6.45, 7) is 2.09. The summed E-state index contributed by atoms with van der Waals surface area (Å²) in [5.41, 5.74) is 8.83. The number of rotatable bonds is 7. The van der Waals surface area contributed by atoms with Gasteiger partial charge in [-0.15, -0.1) is 11.3 Å². The predicted molar refractivity (Wildman–Crippen MR) is 171 cm³/mol. The number of alkyl halides is 3. The molecule has 0 spiro atoms. The molecule has 0 saturated carbocycles. The van der Waals surface area contributed by atoms with Gasteiger partial charge in [-0.05, 0) is 62.3 Å². The highest BCUT2D eigenvalue weighted by Crippen LogP contribution is 2.38. The SMILES string of the molecule is Cc1cc(C(F)(F)F)nn1CC(=O)N1CCC(c2nc(-c3cccc(C(N)=O)c3C(=O)N(C)[C@@H]3CCCc4ccccc43)cs2)CC1. The molecule has 1 aliphatic heterocycles. The molecule has 0 unspecified atom stereocenters. The van der Waals surface area contributed by atoms with E-state index in [2.05, 4.69) is 17.2 Å². The second-order valence-electron chi connectivity index (χ2n) is 12.2. The summed E-state index contributed by atoms with van der Waals surface area (Å²) >= 11 is 1.46. The molecule has 2 aromatic carbocycles. The molecule has 2 aromatic heterocycles. The topological polar surface area (TPSA) is 114 Å². The van der Waals surface area contributed by atoms with E-state index in [0.717, 1.165) is 40.6 Å². The van der Waals surface area contributed by atoms with Crippen LogP contribution in [0.4, 0.5) is 13.2 Å². The first-order valence-electron chi connectivity index (χ1n) is 15.6. The van der Waals surface area contributed by atoms with Crippen molar-refractivity contribution in [1.82, 2.24) is 24.6 Å². The first-order chi connectivity index (χ1) is 22.4. The highest BCUT2D eigenvalue weighted by Gasteiger charge is 2.35. The van der Waals surface area contributed by atoms with Gasteiger partial charge in [-0.1, -0.05) is 36.4 Å². The normalized spacial score (nSPS) is 17.0. The lowest BCUT2D eigenvalue weighted by Gasteiger charge is -2.34. The van der Waals surface area contributed by atoms with Crippen molar-refractivity contribution in [2.45, 2.75) is 63.7 Å². The number of aromatic nitrogens is 3. The molecule has 9 nitrogen and oxygen atoms in total. The van der Waals surface area contributed by atoms with E-state index in [-0.39, 0.29) is 47.1 Å². The fraction of sp³-hybridized carbons (Fsp3) is 0.382. The van der Waals surface area contributed by atoms with Crippen LogP contribution in [-0.4, -0.2) is 62.4 Å². The van der Waals surface area contributed by atoms with Crippen LogP contribution in [0.2, 0.25) is 0 Å². The van der Waals surface area contributed by atoms with Gasteiger partial charge in [0.2, 0.25) is 11.8 Å². The lowest BCUT2D eigenvalue weighted by atomic mass is 9.86. The maximum atomic E-state index is 14.2. The maximum absolute atomic E-state index is 14.2. The predicted octanol–water partition coefficient (Wildman–Crippen LogP) is 5.99. The first-order valence-corrected chi connectivity index (χ1v) is 16.4. The molecule has 47 heavy (non-hydrogen) atoms. The van der Waals surface area contributed by atoms with Crippen LogP contribution in [0.1, 0.15) is 85.9 Å². The largest absolute Gasteiger partial charge is 0.435 e. The number of hydrogen-bond acceptors (Lipinski definition) is 6. The van der Waals surface area contributed by atoms with Gasteiger partial charge in [0.15, 0.2) is 5.69 Å². The average Bonchev–Trinajstić information content (AvgIpc) is 3.70. The van der Waals surface area contributed by atoms with Gasteiger partial charge in [-0.3, -0.25) is 19.1 Å². The van der Waals surface area contributed by atoms with Crippen LogP contribution in [0.3, 0.4) is 0 Å². The lowest BCUT2D eigenvalue weighted by Crippen LogP contribution is -2.40. The number of piperidine rings is 1. The molecule has 1 saturated heterocycles. The Morgan fingerprint density at radius 2 is 1.81 bits per heavy atom. The molecule has 13 heteroatoms. The van der Waals surface area contributed by atoms with E-state index in [1.807, 2.05) is 17.5 Å². The van der Waals surface area contributed by atoms with Crippen molar-refractivity contribution in [3.8, 4) is 11.3 Å². The third-order valence-electron chi connectivity index (χ3n) is 9.22. The number of primary amides is 1. The zero-order valence-corrected chi connectivity index (χ0v) is 26.9. The second kappa shape index (κ2) is 12.9. The van der Waals surface area contributed by atoms with Crippen LogP contribution in [-0.2, 0) is 23.9 Å². The Morgan fingerprint density at radius 3 is 2.51 bits per heavy atom. The van der Waals surface area contributed by atoms with Crippen molar-refractivity contribution >= 4 is 29.1 Å². The molecule has 1 atom stereocenters. The third-order valence-corrected chi connectivity index (χ3v) is 10.2. The second-order valence-corrected chi connectivity index (χ2v) is 13.1. The number of aryl methyl sites for hydroxylation is 2. The van der Waals surface area contributed by atoms with Crippen LogP contribution in [0, 0.1) is 6.92 Å². The molecule has 3 heterocycles. The Balaban J connectivity index is 1.18. The van der Waals surface area contributed by atoms with E-state index in [0.29, 0.717) is 37.2 Å². The summed E-state index contributed by atoms with van der Waals surface area (Å²) in [6, 6.07) is 14.0. The Hall–Kier alpha value is -4.52. The lowest BCUT2D eigenvalue weighted by molar-refractivity contribution is -0.142. The summed E-state index contributed by atoms with van der Waals surface area (Å²) < 4.78 is 40.2. The van der Waals surface area contributed by atoms with Gasteiger partial charge in [-0.2, -0.15) is 18.3 Å². The molecule has 4 aromatic rings. The Labute approximate surface area is 274 Å². The van der Waals surface area contributed by atoms with E-state index >= 15 is 0 Å². The molecule has 246 valence electrons. The number of fused-ring (bicyclic) bond motifs is 1. The molecular weight excluding hydrogens is 629 g/mol. The minimum absolute atomic E-state index is 0.0564. The van der Waals surface area contributed by atoms with E-state index in [4.69, 9.17) is 10.7 Å². The van der Waals surface area contributed by atoms with Crippen molar-refractivity contribution in [1.29, 1.82) is 0 Å². The summed E-state index contributed by atoms with van der Waals surface area (Å²) in [5, 5.41) is 6.30. The monoisotopic (exact) mass is 664 g/mol. The smallest absolute Gasteiger partial charge is 0.366 e. The van der Waals surface area contributed by atoms with Crippen LogP contribution in [0.15, 0.2) is 53.9 Å². The Morgan fingerprint density at radius 1 is 1.06 bits per heavy atom.